The van der Waals surface area contributed by atoms with Gasteiger partial charge in [0.15, 0.2) is 0 Å². The van der Waals surface area contributed by atoms with Crippen LogP contribution in [0.2, 0.25) is 0 Å². The highest BCUT2D eigenvalue weighted by molar-refractivity contribution is 5.93. The van der Waals surface area contributed by atoms with Crippen LogP contribution in [0.4, 0.5) is 0 Å². The summed E-state index contributed by atoms with van der Waals surface area (Å²) in [6.07, 6.45) is 2.80. The summed E-state index contributed by atoms with van der Waals surface area (Å²) in [4.78, 5) is 23.4. The smallest absolute Gasteiger partial charge is 0.338 e. The van der Waals surface area contributed by atoms with Crippen LogP contribution in [0.5, 0.6) is 11.5 Å². The second kappa shape index (κ2) is 7.67. The molecule has 0 bridgehead atoms. The van der Waals surface area contributed by atoms with Gasteiger partial charge >= 0.3 is 11.9 Å². The van der Waals surface area contributed by atoms with E-state index in [2.05, 4.69) is 4.74 Å². The molecule has 0 heterocycles. The molecule has 1 aromatic rings. The average molecular weight is 322 g/mol. The molecular weight excluding hydrogens is 300 g/mol. The number of carbonyl (C=O) groups is 2. The summed E-state index contributed by atoms with van der Waals surface area (Å²) >= 11 is 0. The van der Waals surface area contributed by atoms with Crippen molar-refractivity contribution < 1.29 is 28.5 Å². The lowest BCUT2D eigenvalue weighted by Gasteiger charge is -2.18. The van der Waals surface area contributed by atoms with Gasteiger partial charge in [-0.1, -0.05) is 0 Å². The van der Waals surface area contributed by atoms with E-state index in [9.17, 15) is 9.59 Å². The molecule has 1 aromatic carbocycles. The van der Waals surface area contributed by atoms with Crippen molar-refractivity contribution in [3.05, 3.63) is 29.3 Å². The van der Waals surface area contributed by atoms with E-state index in [1.807, 2.05) is 0 Å². The maximum Gasteiger partial charge on any atom is 0.338 e. The first-order valence-corrected chi connectivity index (χ1v) is 6.97. The van der Waals surface area contributed by atoms with E-state index < -0.39 is 17.5 Å². The van der Waals surface area contributed by atoms with Crippen molar-refractivity contribution in [3.8, 4) is 11.5 Å². The summed E-state index contributed by atoms with van der Waals surface area (Å²) in [6.45, 7) is 5.35. The Bertz CT molecular complexity index is 585. The van der Waals surface area contributed by atoms with Gasteiger partial charge in [-0.25, -0.2) is 9.59 Å². The standard InChI is InChI=1S/C17H22O6/c1-17(2,3)23-15(18)8-7-12-13(20-4)9-11(16(19)22-6)10-14(12)21-5/h7-10H,1-6H3/b8-7+. The van der Waals surface area contributed by atoms with Crippen LogP contribution in [0.3, 0.4) is 0 Å². The normalized spacial score (nSPS) is 11.2. The molecule has 0 aliphatic carbocycles. The van der Waals surface area contributed by atoms with Crippen molar-refractivity contribution >= 4 is 18.0 Å². The summed E-state index contributed by atoms with van der Waals surface area (Å²) in [5, 5.41) is 0. The Morgan fingerprint density at radius 1 is 1.00 bits per heavy atom. The minimum Gasteiger partial charge on any atom is -0.496 e. The lowest BCUT2D eigenvalue weighted by molar-refractivity contribution is -0.148. The molecular formula is C17H22O6. The third-order valence-electron chi connectivity index (χ3n) is 2.76. The van der Waals surface area contributed by atoms with Gasteiger partial charge in [0, 0.05) is 6.08 Å². The average Bonchev–Trinajstić information content (AvgIpc) is 2.49. The third kappa shape index (κ3) is 5.32. The minimum absolute atomic E-state index is 0.288. The molecule has 0 amide bonds. The van der Waals surface area contributed by atoms with E-state index in [0.717, 1.165) is 0 Å². The largest absolute Gasteiger partial charge is 0.496 e. The minimum atomic E-state index is -0.579. The molecule has 6 nitrogen and oxygen atoms in total. The number of methoxy groups -OCH3 is 3. The quantitative estimate of drug-likeness (QED) is 0.613. The zero-order chi connectivity index (χ0) is 17.6. The molecule has 23 heavy (non-hydrogen) atoms. The SMILES string of the molecule is COC(=O)c1cc(OC)c(/C=C/C(=O)OC(C)(C)C)c(OC)c1. The Morgan fingerprint density at radius 3 is 1.91 bits per heavy atom. The summed E-state index contributed by atoms with van der Waals surface area (Å²) in [5.74, 6) is -0.239. The zero-order valence-corrected chi connectivity index (χ0v) is 14.3. The fourth-order valence-corrected chi connectivity index (χ4v) is 1.83. The molecule has 0 fully saturated rings. The lowest BCUT2D eigenvalue weighted by Crippen LogP contribution is -2.22. The molecule has 0 saturated heterocycles. The summed E-state index contributed by atoms with van der Waals surface area (Å²) in [6, 6.07) is 3.03. The van der Waals surface area contributed by atoms with Crippen LogP contribution in [-0.2, 0) is 14.3 Å². The molecule has 0 saturated carbocycles. The first kappa shape index (κ1) is 18.5. The summed E-state index contributed by atoms with van der Waals surface area (Å²) in [5.41, 5.74) is 0.230. The molecule has 0 aliphatic rings. The van der Waals surface area contributed by atoms with Crippen LogP contribution >= 0.6 is 0 Å². The fraction of sp³-hybridized carbons (Fsp3) is 0.412. The molecule has 0 atom stereocenters. The number of esters is 2. The molecule has 1 rings (SSSR count). The number of benzene rings is 1. The highest BCUT2D eigenvalue weighted by Crippen LogP contribution is 2.32. The highest BCUT2D eigenvalue weighted by Gasteiger charge is 2.17. The van der Waals surface area contributed by atoms with E-state index in [-0.39, 0.29) is 5.56 Å². The van der Waals surface area contributed by atoms with Gasteiger partial charge < -0.3 is 18.9 Å². The topological polar surface area (TPSA) is 71.1 Å². The second-order valence-corrected chi connectivity index (χ2v) is 5.65. The summed E-state index contributed by atoms with van der Waals surface area (Å²) in [7, 11) is 4.21. The van der Waals surface area contributed by atoms with Crippen molar-refractivity contribution in [2.75, 3.05) is 21.3 Å². The van der Waals surface area contributed by atoms with Gasteiger partial charge in [-0.15, -0.1) is 0 Å². The van der Waals surface area contributed by atoms with E-state index in [1.165, 1.54) is 45.6 Å². The van der Waals surface area contributed by atoms with E-state index in [0.29, 0.717) is 17.1 Å². The van der Waals surface area contributed by atoms with Crippen molar-refractivity contribution in [1.82, 2.24) is 0 Å². The highest BCUT2D eigenvalue weighted by atomic mass is 16.6. The molecule has 0 N–H and O–H groups in total. The van der Waals surface area contributed by atoms with Crippen molar-refractivity contribution in [2.45, 2.75) is 26.4 Å². The molecule has 0 unspecified atom stereocenters. The van der Waals surface area contributed by atoms with Gasteiger partial charge in [0.1, 0.15) is 17.1 Å². The Balaban J connectivity index is 3.19. The number of hydrogen-bond acceptors (Lipinski definition) is 6. The van der Waals surface area contributed by atoms with Gasteiger partial charge in [0.2, 0.25) is 0 Å². The predicted octanol–water partition coefficient (Wildman–Crippen LogP) is 2.85. The monoisotopic (exact) mass is 322 g/mol. The van der Waals surface area contributed by atoms with Crippen LogP contribution in [0.15, 0.2) is 18.2 Å². The van der Waals surface area contributed by atoms with Gasteiger partial charge in [-0.2, -0.15) is 0 Å². The molecule has 0 aliphatic heterocycles. The van der Waals surface area contributed by atoms with E-state index in [1.54, 1.807) is 20.8 Å². The number of carbonyl (C=O) groups excluding carboxylic acids is 2. The van der Waals surface area contributed by atoms with E-state index >= 15 is 0 Å². The van der Waals surface area contributed by atoms with Crippen molar-refractivity contribution in [2.24, 2.45) is 0 Å². The van der Waals surface area contributed by atoms with Crippen LogP contribution in [0.25, 0.3) is 6.08 Å². The Kier molecular flexibility index (Phi) is 6.18. The lowest BCUT2D eigenvalue weighted by atomic mass is 10.1. The molecule has 0 radical (unpaired) electrons. The molecule has 6 heteroatoms. The van der Waals surface area contributed by atoms with Crippen LogP contribution < -0.4 is 9.47 Å². The number of ether oxygens (including phenoxy) is 4. The Hall–Kier alpha value is -2.50. The maximum atomic E-state index is 11.8. The van der Waals surface area contributed by atoms with Gasteiger partial charge in [0.25, 0.3) is 0 Å². The molecule has 0 spiro atoms. The maximum absolute atomic E-state index is 11.8. The molecule has 126 valence electrons. The summed E-state index contributed by atoms with van der Waals surface area (Å²) < 4.78 is 20.4. The van der Waals surface area contributed by atoms with Crippen LogP contribution in [0, 0.1) is 0 Å². The van der Waals surface area contributed by atoms with Gasteiger partial charge in [-0.05, 0) is 39.0 Å². The third-order valence-corrected chi connectivity index (χ3v) is 2.76. The number of hydrogen-bond donors (Lipinski definition) is 0. The zero-order valence-electron chi connectivity index (χ0n) is 14.3. The van der Waals surface area contributed by atoms with Crippen molar-refractivity contribution in [1.29, 1.82) is 0 Å². The van der Waals surface area contributed by atoms with Crippen LogP contribution in [-0.4, -0.2) is 38.9 Å². The first-order valence-electron chi connectivity index (χ1n) is 6.97. The Morgan fingerprint density at radius 2 is 1.52 bits per heavy atom. The number of rotatable bonds is 5. The van der Waals surface area contributed by atoms with Crippen LogP contribution in [0.1, 0.15) is 36.7 Å². The Labute approximate surface area is 136 Å². The second-order valence-electron chi connectivity index (χ2n) is 5.65. The van der Waals surface area contributed by atoms with E-state index in [4.69, 9.17) is 14.2 Å². The molecule has 0 aromatic heterocycles. The fourth-order valence-electron chi connectivity index (χ4n) is 1.83. The van der Waals surface area contributed by atoms with Gasteiger partial charge in [0.05, 0.1) is 32.5 Å². The van der Waals surface area contributed by atoms with Gasteiger partial charge in [-0.3, -0.25) is 0 Å². The first-order chi connectivity index (χ1) is 10.7. The predicted molar refractivity (Wildman–Crippen MR) is 85.8 cm³/mol. The van der Waals surface area contributed by atoms with Crippen molar-refractivity contribution in [3.63, 3.8) is 0 Å².